The Kier molecular flexibility index (Phi) is 6.71. The Bertz CT molecular complexity index is 1340. The van der Waals surface area contributed by atoms with Gasteiger partial charge >= 0.3 is 0 Å². The van der Waals surface area contributed by atoms with Gasteiger partial charge in [-0.05, 0) is 66.9 Å². The summed E-state index contributed by atoms with van der Waals surface area (Å²) in [5.41, 5.74) is 3.40. The smallest absolute Gasteiger partial charge is 0.261 e. The Hall–Kier alpha value is -3.17. The molecule has 1 amide bonds. The van der Waals surface area contributed by atoms with Crippen LogP contribution in [0.4, 0.5) is 11.4 Å². The van der Waals surface area contributed by atoms with Crippen LogP contribution in [-0.2, 0) is 25.6 Å². The fourth-order valence-corrected chi connectivity index (χ4v) is 5.18. The predicted molar refractivity (Wildman–Crippen MR) is 126 cm³/mol. The topological polar surface area (TPSA) is 109 Å². The van der Waals surface area contributed by atoms with Gasteiger partial charge in [0, 0.05) is 17.5 Å². The molecule has 0 atom stereocenters. The minimum atomic E-state index is -3.80. The van der Waals surface area contributed by atoms with Gasteiger partial charge in [0.25, 0.3) is 15.9 Å². The molecule has 0 aliphatic heterocycles. The lowest BCUT2D eigenvalue weighted by Crippen LogP contribution is -2.15. The standard InChI is InChI=1S/C23H24N2O5S2/c1-16-6-4-7-17(2)22(16)25-32(29,30)21-12-10-20(11-13-21)24-23(26)19-9-5-8-18(14-19)15-31(3,27)28/h4-14,25H,15H2,1-3H3,(H,24,26). The van der Waals surface area contributed by atoms with Gasteiger partial charge in [-0.2, -0.15) is 0 Å². The maximum atomic E-state index is 12.8. The van der Waals surface area contributed by atoms with E-state index in [4.69, 9.17) is 0 Å². The number of nitrogens with one attached hydrogen (secondary N) is 2. The van der Waals surface area contributed by atoms with Gasteiger partial charge in [-0.25, -0.2) is 16.8 Å². The monoisotopic (exact) mass is 472 g/mol. The number of benzene rings is 3. The van der Waals surface area contributed by atoms with Crippen molar-refractivity contribution >= 4 is 37.1 Å². The Morgan fingerprint density at radius 2 is 1.44 bits per heavy atom. The van der Waals surface area contributed by atoms with Gasteiger partial charge in [0.1, 0.15) is 0 Å². The van der Waals surface area contributed by atoms with Crippen LogP contribution < -0.4 is 10.0 Å². The summed E-state index contributed by atoms with van der Waals surface area (Å²) in [6.45, 7) is 3.66. The highest BCUT2D eigenvalue weighted by Gasteiger charge is 2.17. The van der Waals surface area contributed by atoms with Crippen molar-refractivity contribution in [1.82, 2.24) is 0 Å². The second-order valence-electron chi connectivity index (χ2n) is 7.62. The number of para-hydroxylation sites is 1. The average molecular weight is 473 g/mol. The molecule has 2 N–H and O–H groups in total. The van der Waals surface area contributed by atoms with E-state index in [1.807, 2.05) is 32.0 Å². The SMILES string of the molecule is Cc1cccc(C)c1NS(=O)(=O)c1ccc(NC(=O)c2cccc(CS(C)(=O)=O)c2)cc1. The number of hydrogen-bond acceptors (Lipinski definition) is 5. The van der Waals surface area contributed by atoms with E-state index in [1.165, 1.54) is 30.3 Å². The maximum absolute atomic E-state index is 12.8. The van der Waals surface area contributed by atoms with Crippen molar-refractivity contribution in [2.45, 2.75) is 24.5 Å². The van der Waals surface area contributed by atoms with Crippen molar-refractivity contribution < 1.29 is 21.6 Å². The molecule has 7 nitrogen and oxygen atoms in total. The summed E-state index contributed by atoms with van der Waals surface area (Å²) in [5.74, 6) is -0.585. The molecule has 168 valence electrons. The molecule has 0 spiro atoms. The highest BCUT2D eigenvalue weighted by Crippen LogP contribution is 2.24. The van der Waals surface area contributed by atoms with Gasteiger partial charge in [0.05, 0.1) is 16.3 Å². The minimum Gasteiger partial charge on any atom is -0.322 e. The molecule has 9 heteroatoms. The number of aryl methyl sites for hydroxylation is 2. The molecule has 3 rings (SSSR count). The number of carbonyl (C=O) groups is 1. The molecule has 0 aliphatic rings. The Morgan fingerprint density at radius 3 is 2.03 bits per heavy atom. The summed E-state index contributed by atoms with van der Waals surface area (Å²) >= 11 is 0. The van der Waals surface area contributed by atoms with E-state index in [1.54, 1.807) is 18.2 Å². The molecule has 0 fully saturated rings. The van der Waals surface area contributed by atoms with Gasteiger partial charge < -0.3 is 5.32 Å². The molecular weight excluding hydrogens is 448 g/mol. The molecule has 0 saturated carbocycles. The minimum absolute atomic E-state index is 0.0632. The van der Waals surface area contributed by atoms with Crippen molar-refractivity contribution in [1.29, 1.82) is 0 Å². The zero-order valence-electron chi connectivity index (χ0n) is 17.9. The number of sulfonamides is 1. The second-order valence-corrected chi connectivity index (χ2v) is 11.4. The van der Waals surface area contributed by atoms with E-state index in [0.717, 1.165) is 17.4 Å². The van der Waals surface area contributed by atoms with Gasteiger partial charge in [0.15, 0.2) is 9.84 Å². The van der Waals surface area contributed by atoms with Crippen LogP contribution in [0.2, 0.25) is 0 Å². The van der Waals surface area contributed by atoms with Crippen molar-refractivity contribution in [3.05, 3.63) is 89.0 Å². The van der Waals surface area contributed by atoms with Crippen LogP contribution in [0.5, 0.6) is 0 Å². The molecule has 0 bridgehead atoms. The van der Waals surface area contributed by atoms with Gasteiger partial charge in [-0.15, -0.1) is 0 Å². The predicted octanol–water partition coefficient (Wildman–Crippen LogP) is 3.90. The molecule has 3 aromatic rings. The summed E-state index contributed by atoms with van der Waals surface area (Å²) in [7, 11) is -7.02. The van der Waals surface area contributed by atoms with Gasteiger partial charge in [0.2, 0.25) is 0 Å². The van der Waals surface area contributed by atoms with Crippen LogP contribution in [0.15, 0.2) is 71.6 Å². The first-order valence-corrected chi connectivity index (χ1v) is 13.3. The summed E-state index contributed by atoms with van der Waals surface area (Å²) in [4.78, 5) is 12.6. The fourth-order valence-electron chi connectivity index (χ4n) is 3.19. The molecule has 0 radical (unpaired) electrons. The highest BCUT2D eigenvalue weighted by molar-refractivity contribution is 7.92. The molecule has 0 aromatic heterocycles. The first-order valence-electron chi connectivity index (χ1n) is 9.72. The average Bonchev–Trinajstić information content (AvgIpc) is 2.70. The number of hydrogen-bond donors (Lipinski definition) is 2. The van der Waals surface area contributed by atoms with Gasteiger partial charge in [-0.3, -0.25) is 9.52 Å². The third-order valence-electron chi connectivity index (χ3n) is 4.76. The highest BCUT2D eigenvalue weighted by atomic mass is 32.2. The Morgan fingerprint density at radius 1 is 0.844 bits per heavy atom. The van der Waals surface area contributed by atoms with E-state index in [9.17, 15) is 21.6 Å². The first-order chi connectivity index (χ1) is 14.9. The first kappa shape index (κ1) is 23.5. The molecule has 3 aromatic carbocycles. The Balaban J connectivity index is 1.75. The van der Waals surface area contributed by atoms with Crippen molar-refractivity contribution in [2.75, 3.05) is 16.3 Å². The molecular formula is C23H24N2O5S2. The lowest BCUT2D eigenvalue weighted by molar-refractivity contribution is 0.102. The number of amides is 1. The maximum Gasteiger partial charge on any atom is 0.261 e. The summed E-state index contributed by atoms with van der Waals surface area (Å²) in [5, 5.41) is 2.69. The van der Waals surface area contributed by atoms with E-state index in [0.29, 0.717) is 22.5 Å². The van der Waals surface area contributed by atoms with Crippen LogP contribution in [0, 0.1) is 13.8 Å². The fraction of sp³-hybridized carbons (Fsp3) is 0.174. The molecule has 0 heterocycles. The zero-order chi connectivity index (χ0) is 23.5. The zero-order valence-corrected chi connectivity index (χ0v) is 19.5. The lowest BCUT2D eigenvalue weighted by atomic mass is 10.1. The molecule has 0 unspecified atom stereocenters. The normalized spacial score (nSPS) is 11.7. The third kappa shape index (κ3) is 5.95. The van der Waals surface area contributed by atoms with Crippen LogP contribution in [0.3, 0.4) is 0 Å². The van der Waals surface area contributed by atoms with E-state index < -0.39 is 25.8 Å². The largest absolute Gasteiger partial charge is 0.322 e. The van der Waals surface area contributed by atoms with E-state index >= 15 is 0 Å². The quantitative estimate of drug-likeness (QED) is 0.542. The third-order valence-corrected chi connectivity index (χ3v) is 6.98. The summed E-state index contributed by atoms with van der Waals surface area (Å²) in [6.07, 6.45) is 1.13. The lowest BCUT2D eigenvalue weighted by Gasteiger charge is -2.13. The number of anilines is 2. The number of sulfone groups is 1. The van der Waals surface area contributed by atoms with Crippen molar-refractivity contribution in [3.8, 4) is 0 Å². The van der Waals surface area contributed by atoms with E-state index in [2.05, 4.69) is 10.0 Å². The second kappa shape index (κ2) is 9.13. The van der Waals surface area contributed by atoms with Gasteiger partial charge in [-0.1, -0.05) is 30.3 Å². The Labute approximate surface area is 188 Å². The molecule has 0 aliphatic carbocycles. The van der Waals surface area contributed by atoms with Crippen LogP contribution in [0.1, 0.15) is 27.0 Å². The molecule has 0 saturated heterocycles. The van der Waals surface area contributed by atoms with Crippen LogP contribution in [-0.4, -0.2) is 29.0 Å². The summed E-state index contributed by atoms with van der Waals surface area (Å²) in [6, 6.07) is 17.7. The number of carbonyl (C=O) groups excluding carboxylic acids is 1. The van der Waals surface area contributed by atoms with Crippen LogP contribution in [0.25, 0.3) is 0 Å². The molecule has 32 heavy (non-hydrogen) atoms. The van der Waals surface area contributed by atoms with Crippen LogP contribution >= 0.6 is 0 Å². The van der Waals surface area contributed by atoms with E-state index in [-0.39, 0.29) is 10.6 Å². The van der Waals surface area contributed by atoms with Crippen molar-refractivity contribution in [2.24, 2.45) is 0 Å². The number of rotatable bonds is 7. The summed E-state index contributed by atoms with van der Waals surface area (Å²) < 4.78 is 51.1. The van der Waals surface area contributed by atoms with Crippen molar-refractivity contribution in [3.63, 3.8) is 0 Å².